The van der Waals surface area contributed by atoms with Gasteiger partial charge in [-0.15, -0.1) is 23.5 Å². The van der Waals surface area contributed by atoms with Crippen molar-refractivity contribution < 1.29 is 73.8 Å². The third-order valence-electron chi connectivity index (χ3n) is 11.1. The van der Waals surface area contributed by atoms with Crippen LogP contribution >= 0.6 is 23.5 Å². The predicted molar refractivity (Wildman–Crippen MR) is 216 cm³/mol. The summed E-state index contributed by atoms with van der Waals surface area (Å²) < 4.78 is 0. The Bertz CT molecular complexity index is 2000. The number of allylic oxidation sites excluding steroid dienone is 2. The van der Waals surface area contributed by atoms with Gasteiger partial charge in [0, 0.05) is 52.6 Å². The van der Waals surface area contributed by atoms with Crippen LogP contribution in [0.1, 0.15) is 75.3 Å². The summed E-state index contributed by atoms with van der Waals surface area (Å²) >= 11 is 1.73. The van der Waals surface area contributed by atoms with Crippen LogP contribution in [0.3, 0.4) is 0 Å². The van der Waals surface area contributed by atoms with Gasteiger partial charge in [-0.25, -0.2) is 0 Å². The molecular formula is C38H50N6O15S2. The third kappa shape index (κ3) is 11.9. The van der Waals surface area contributed by atoms with E-state index < -0.39 is 126 Å². The number of carboxylic acid groups (broad SMARTS) is 4. The summed E-state index contributed by atoms with van der Waals surface area (Å²) in [4.78, 5) is 111. The second-order valence-electron chi connectivity index (χ2n) is 15.2. The first-order valence-electron chi connectivity index (χ1n) is 19.3. The van der Waals surface area contributed by atoms with Crippen molar-refractivity contribution in [3.05, 3.63) is 22.8 Å². The van der Waals surface area contributed by atoms with Gasteiger partial charge in [-0.2, -0.15) is 0 Å². The number of thioether (sulfide) groups is 2. The zero-order chi connectivity index (χ0) is 45.3. The summed E-state index contributed by atoms with van der Waals surface area (Å²) in [6.07, 6.45) is 2.55. The zero-order valence-corrected chi connectivity index (χ0v) is 34.7. The van der Waals surface area contributed by atoms with Crippen molar-refractivity contribution in [2.75, 3.05) is 24.6 Å². The minimum atomic E-state index is -1.49. The molecule has 0 heterocycles. The summed E-state index contributed by atoms with van der Waals surface area (Å²) in [5, 5.41) is 69.2. The molecule has 1 aromatic carbocycles. The number of aromatic hydroxyl groups is 2. The molecule has 0 unspecified atom stereocenters. The number of phenols is 2. The van der Waals surface area contributed by atoms with Crippen LogP contribution in [-0.4, -0.2) is 133 Å². The molecule has 21 nitrogen and oxygen atoms in total. The van der Waals surface area contributed by atoms with Gasteiger partial charge in [0.25, 0.3) is 0 Å². The van der Waals surface area contributed by atoms with E-state index in [1.165, 1.54) is 0 Å². The normalized spacial score (nSPS) is 20.9. The Morgan fingerprint density at radius 2 is 1.26 bits per heavy atom. The topological polar surface area (TPSA) is 375 Å². The van der Waals surface area contributed by atoms with Crippen LogP contribution in [0.4, 0.5) is 0 Å². The Morgan fingerprint density at radius 1 is 0.770 bits per heavy atom. The van der Waals surface area contributed by atoms with E-state index >= 15 is 0 Å². The van der Waals surface area contributed by atoms with E-state index in [2.05, 4.69) is 21.3 Å². The van der Waals surface area contributed by atoms with Crippen LogP contribution in [0.15, 0.2) is 21.4 Å². The molecule has 2 fully saturated rings. The van der Waals surface area contributed by atoms with Gasteiger partial charge >= 0.3 is 23.9 Å². The smallest absolute Gasteiger partial charge is 0.322 e. The summed E-state index contributed by atoms with van der Waals surface area (Å²) in [6.45, 7) is 0.283. The maximum atomic E-state index is 13.4. The summed E-state index contributed by atoms with van der Waals surface area (Å²) in [6, 6.07) is -5.72. The van der Waals surface area contributed by atoms with E-state index in [4.69, 9.17) is 21.7 Å². The fraction of sp³-hybridized carbons (Fsp3) is 0.553. The highest BCUT2D eigenvalue weighted by molar-refractivity contribution is 8.02. The van der Waals surface area contributed by atoms with Gasteiger partial charge < -0.3 is 63.4 Å². The molecule has 0 saturated heterocycles. The number of Topliss-reactive ketones (excluding diaryl/α,β-unsaturated/α-hetero) is 1. The molecule has 4 amide bonds. The van der Waals surface area contributed by atoms with Crippen molar-refractivity contribution in [2.45, 2.75) is 105 Å². The first-order chi connectivity index (χ1) is 28.7. The van der Waals surface area contributed by atoms with E-state index in [0.29, 0.717) is 41.7 Å². The Balaban J connectivity index is 1.77. The number of rotatable bonds is 22. The Labute approximate surface area is 357 Å². The average molecular weight is 895 g/mol. The molecule has 0 aromatic heterocycles. The van der Waals surface area contributed by atoms with Gasteiger partial charge in [-0.1, -0.05) is 18.6 Å². The molecule has 7 atom stereocenters. The van der Waals surface area contributed by atoms with E-state index in [1.54, 1.807) is 0 Å². The highest BCUT2D eigenvalue weighted by Gasteiger charge is 2.53. The first-order valence-corrected chi connectivity index (χ1v) is 21.3. The SMILES string of the molecule is C[C@]12CC[C@H]3C(=CCc4c(O)c(O)c(SC[C@@H](NC(=O)CC[C@H](N)C(=O)O)C(=O)NCC(=O)O)c(SC[C@@H](NC(=O)CC[C@H](N)C(=O)O)C(=O)NCC(=O)O)c43)[C@@H]1CCC2=O. The zero-order valence-electron chi connectivity index (χ0n) is 33.1. The van der Waals surface area contributed by atoms with Gasteiger partial charge in [0.2, 0.25) is 23.6 Å². The van der Waals surface area contributed by atoms with Crippen LogP contribution < -0.4 is 32.7 Å². The predicted octanol–water partition coefficient (Wildman–Crippen LogP) is -0.617. The molecule has 3 aliphatic carbocycles. The Kier molecular flexibility index (Phi) is 16.6. The van der Waals surface area contributed by atoms with Crippen LogP contribution in [0.25, 0.3) is 0 Å². The van der Waals surface area contributed by atoms with Crippen molar-refractivity contribution in [3.8, 4) is 11.5 Å². The van der Waals surface area contributed by atoms with E-state index in [9.17, 15) is 63.6 Å². The van der Waals surface area contributed by atoms with Crippen molar-refractivity contribution in [1.29, 1.82) is 0 Å². The number of fused-ring (bicyclic) bond motifs is 5. The van der Waals surface area contributed by atoms with Crippen molar-refractivity contribution >= 4 is 76.8 Å². The van der Waals surface area contributed by atoms with Crippen LogP contribution in [0.2, 0.25) is 0 Å². The second kappa shape index (κ2) is 20.9. The lowest BCUT2D eigenvalue weighted by Gasteiger charge is -2.44. The summed E-state index contributed by atoms with van der Waals surface area (Å²) in [5.74, 6) is -11.2. The first kappa shape index (κ1) is 48.3. The number of hydrogen-bond acceptors (Lipinski definition) is 15. The maximum Gasteiger partial charge on any atom is 0.322 e. The number of ketones is 1. The van der Waals surface area contributed by atoms with Crippen molar-refractivity contribution in [1.82, 2.24) is 21.3 Å². The number of benzene rings is 1. The third-order valence-corrected chi connectivity index (χ3v) is 13.7. The summed E-state index contributed by atoms with van der Waals surface area (Å²) in [7, 11) is 0. The molecule has 14 N–H and O–H groups in total. The van der Waals surface area contributed by atoms with Gasteiger partial charge in [-0.3, -0.25) is 43.2 Å². The molecule has 0 bridgehead atoms. The molecule has 0 aliphatic heterocycles. The number of hydrogen-bond donors (Lipinski definition) is 12. The van der Waals surface area contributed by atoms with Crippen molar-refractivity contribution in [2.24, 2.45) is 22.8 Å². The van der Waals surface area contributed by atoms with Crippen LogP contribution in [-0.2, 0) is 49.6 Å². The number of aliphatic carboxylic acids is 4. The monoisotopic (exact) mass is 894 g/mol. The Hall–Kier alpha value is -5.39. The van der Waals surface area contributed by atoms with Crippen molar-refractivity contribution in [3.63, 3.8) is 0 Å². The van der Waals surface area contributed by atoms with Gasteiger partial charge in [0.1, 0.15) is 43.0 Å². The van der Waals surface area contributed by atoms with Gasteiger partial charge in [-0.05, 0) is 50.0 Å². The van der Waals surface area contributed by atoms with E-state index in [0.717, 1.165) is 29.1 Å². The molecule has 23 heteroatoms. The fourth-order valence-corrected chi connectivity index (χ4v) is 10.4. The molecule has 2 saturated carbocycles. The highest BCUT2D eigenvalue weighted by Crippen LogP contribution is 2.61. The number of nitrogens with two attached hydrogens (primary N) is 2. The second-order valence-corrected chi connectivity index (χ2v) is 17.3. The van der Waals surface area contributed by atoms with Crippen LogP contribution in [0, 0.1) is 11.3 Å². The highest BCUT2D eigenvalue weighted by atomic mass is 32.2. The molecule has 0 radical (unpaired) electrons. The van der Waals surface area contributed by atoms with E-state index in [1.807, 2.05) is 13.0 Å². The lowest BCUT2D eigenvalue weighted by atomic mass is 9.60. The number of carboxylic acids is 4. The van der Waals surface area contributed by atoms with Gasteiger partial charge in [0.05, 0.1) is 4.90 Å². The fourth-order valence-electron chi connectivity index (χ4n) is 7.81. The Morgan fingerprint density at radius 3 is 1.74 bits per heavy atom. The largest absolute Gasteiger partial charge is 0.504 e. The number of carbonyl (C=O) groups excluding carboxylic acids is 5. The average Bonchev–Trinajstić information content (AvgIpc) is 3.52. The van der Waals surface area contributed by atoms with E-state index in [-0.39, 0.29) is 41.6 Å². The number of phenolic OH excluding ortho intramolecular Hbond substituents is 2. The van der Waals surface area contributed by atoms with Gasteiger partial charge in [0.15, 0.2) is 11.5 Å². The lowest BCUT2D eigenvalue weighted by molar-refractivity contribution is -0.140. The summed E-state index contributed by atoms with van der Waals surface area (Å²) in [5.41, 5.74) is 12.3. The number of nitrogens with one attached hydrogen (secondary N) is 4. The molecule has 1 aromatic rings. The quantitative estimate of drug-likeness (QED) is 0.0392. The number of carbonyl (C=O) groups is 9. The molecule has 3 aliphatic rings. The minimum Gasteiger partial charge on any atom is -0.504 e. The molecule has 61 heavy (non-hydrogen) atoms. The molecule has 4 rings (SSSR count). The lowest BCUT2D eigenvalue weighted by Crippen LogP contribution is -2.49. The van der Waals surface area contributed by atoms with Crippen LogP contribution in [0.5, 0.6) is 11.5 Å². The maximum absolute atomic E-state index is 13.4. The number of amides is 4. The minimum absolute atomic E-state index is 0.0278. The molecule has 0 spiro atoms. The molecule has 334 valence electrons. The molecular weight excluding hydrogens is 845 g/mol. The standard InChI is InChI=1S/C38H50N6O15S2/c1-38-11-10-17-16(19(38)4-7-24(38)45)2-3-18-29(17)32(60-14-22(34(54)41-12-27(48)49)43-25(46)8-5-20(39)36(56)57)33(31(53)30(18)52)61-15-23(35(55)42-13-28(50)51)44-26(47)9-6-21(40)37(58)59/h2,17,19-23,52-53H,3-15,39-40H2,1H3,(H,41,54)(H,42,55)(H,43,46)(H,44,47)(H,48,49)(H,50,51)(H,56,57)(H,58,59)/t17-,19-,20-,21-,22+,23+,38-/m0/s1.